The molecule has 3 aromatic rings. The number of hydrogen-bond donors (Lipinski definition) is 2. The summed E-state index contributed by atoms with van der Waals surface area (Å²) in [5.74, 6) is 0.910. The minimum Gasteiger partial charge on any atom is -0.241 e. The van der Waals surface area contributed by atoms with E-state index in [1.165, 1.54) is 23.1 Å². The lowest BCUT2D eigenvalue weighted by Gasteiger charge is -1.98. The van der Waals surface area contributed by atoms with Gasteiger partial charge in [-0.15, -0.1) is 11.3 Å². The molecule has 1 fully saturated rings. The van der Waals surface area contributed by atoms with Gasteiger partial charge < -0.3 is 0 Å². The molecule has 4 nitrogen and oxygen atoms in total. The Hall–Kier alpha value is -2.09. The van der Waals surface area contributed by atoms with Crippen LogP contribution >= 0.6 is 11.3 Å². The summed E-state index contributed by atoms with van der Waals surface area (Å²) >= 11 is 1.69. The summed E-state index contributed by atoms with van der Waals surface area (Å²) in [6.07, 6.45) is 1.17. The Morgan fingerprint density at radius 2 is 1.80 bits per heavy atom. The van der Waals surface area contributed by atoms with Gasteiger partial charge in [-0.3, -0.25) is 0 Å². The first-order valence-corrected chi connectivity index (χ1v) is 9.82. The number of nitrogens with two attached hydrogens (primary N) is 1. The van der Waals surface area contributed by atoms with Crippen LogP contribution in [0.2, 0.25) is 0 Å². The first-order valence-electron chi connectivity index (χ1n) is 7.70. The van der Waals surface area contributed by atoms with E-state index in [2.05, 4.69) is 29.4 Å². The monoisotopic (exact) mass is 376 g/mol. The quantitative estimate of drug-likeness (QED) is 0.685. The van der Waals surface area contributed by atoms with Crippen LogP contribution in [0.3, 0.4) is 0 Å². The molecule has 1 aliphatic carbocycles. The molecule has 0 bridgehead atoms. The Labute approximate surface area is 151 Å². The fourth-order valence-electron chi connectivity index (χ4n) is 2.77. The van der Waals surface area contributed by atoms with Gasteiger partial charge in [0.2, 0.25) is 0 Å². The highest BCUT2D eigenvalue weighted by Gasteiger charge is 2.41. The highest BCUT2D eigenvalue weighted by Crippen LogP contribution is 2.55. The van der Waals surface area contributed by atoms with Gasteiger partial charge in [-0.1, -0.05) is 42.5 Å². The molecule has 130 valence electrons. The van der Waals surface area contributed by atoms with Gasteiger partial charge in [0.05, 0.1) is 10.7 Å². The van der Waals surface area contributed by atoms with Crippen LogP contribution in [0.5, 0.6) is 0 Å². The van der Waals surface area contributed by atoms with Gasteiger partial charge in [-0.05, 0) is 30.0 Å². The van der Waals surface area contributed by atoms with Crippen LogP contribution in [0, 0.1) is 5.82 Å². The Balaban J connectivity index is 0.000000415. The number of hydrogen-bond acceptors (Lipinski definition) is 4. The fraction of sp³-hybridized carbons (Fsp3) is 0.167. The molecule has 0 amide bonds. The molecule has 1 heterocycles. The lowest BCUT2D eigenvalue weighted by molar-refractivity contribution is 0.616. The van der Waals surface area contributed by atoms with Crippen molar-refractivity contribution in [1.29, 1.82) is 0 Å². The smallest absolute Gasteiger partial charge is 0.198 e. The van der Waals surface area contributed by atoms with Gasteiger partial charge in [0.25, 0.3) is 0 Å². The van der Waals surface area contributed by atoms with E-state index in [1.54, 1.807) is 23.5 Å². The van der Waals surface area contributed by atoms with Gasteiger partial charge in [-0.2, -0.15) is 0 Å². The van der Waals surface area contributed by atoms with Crippen LogP contribution in [-0.2, 0) is 10.9 Å². The van der Waals surface area contributed by atoms with Crippen molar-refractivity contribution in [3.8, 4) is 11.3 Å². The average Bonchev–Trinajstić information content (AvgIpc) is 3.24. The van der Waals surface area contributed by atoms with E-state index in [0.717, 1.165) is 11.3 Å². The highest BCUT2D eigenvalue weighted by molar-refractivity contribution is 7.69. The summed E-state index contributed by atoms with van der Waals surface area (Å²) in [5.41, 5.74) is 3.13. The number of thiol groups is 1. The fourth-order valence-corrected chi connectivity index (χ4v) is 3.78. The largest absolute Gasteiger partial charge is 0.241 e. The number of rotatable bonds is 3. The number of halogens is 1. The predicted molar refractivity (Wildman–Crippen MR) is 98.6 cm³/mol. The van der Waals surface area contributed by atoms with Gasteiger partial charge in [0.15, 0.2) is 10.9 Å². The van der Waals surface area contributed by atoms with E-state index in [4.69, 9.17) is 13.4 Å². The topological polar surface area (TPSA) is 73.0 Å². The van der Waals surface area contributed by atoms with Crippen LogP contribution in [-0.4, -0.2) is 13.4 Å². The maximum atomic E-state index is 13.3. The third-order valence-electron chi connectivity index (χ3n) is 3.98. The molecule has 0 saturated heterocycles. The second-order valence-corrected chi connectivity index (χ2v) is 7.19. The van der Waals surface area contributed by atoms with E-state index in [1.807, 2.05) is 17.5 Å². The molecular formula is C18H17FN2O2S2. The molecule has 1 aromatic heterocycles. The summed E-state index contributed by atoms with van der Waals surface area (Å²) in [4.78, 5) is 4.71. The second-order valence-electron chi connectivity index (χ2n) is 5.73. The molecule has 7 heteroatoms. The Morgan fingerprint density at radius 3 is 2.48 bits per heavy atom. The molecule has 0 radical (unpaired) electrons. The van der Waals surface area contributed by atoms with Crippen LogP contribution in [0.25, 0.3) is 11.3 Å². The second kappa shape index (κ2) is 7.86. The van der Waals surface area contributed by atoms with Gasteiger partial charge in [-0.25, -0.2) is 22.9 Å². The maximum Gasteiger partial charge on any atom is 0.198 e. The minimum atomic E-state index is -2.62. The van der Waals surface area contributed by atoms with Crippen molar-refractivity contribution in [2.75, 3.05) is 0 Å². The SMILES string of the molecule is Fc1cccc(-c2csc([C@@H]3C[C@H]3c3ccccc3)n2)c1.N[SH](=O)=O. The standard InChI is InChI=1S/C18H14FNS.H3NO2S/c19-14-8-4-7-13(9-14)17-11-21-18(20-17)16-10-15(16)12-5-2-1-3-6-12;1-4(2)3/h1-9,11,15-16H,10H2;4H,(H2,1,2,3)/t15-,16+;/m0./s1. The Kier molecular flexibility index (Phi) is 5.57. The van der Waals surface area contributed by atoms with Crippen molar-refractivity contribution in [2.24, 2.45) is 5.14 Å². The molecule has 0 unspecified atom stereocenters. The van der Waals surface area contributed by atoms with Gasteiger partial charge in [0, 0.05) is 16.9 Å². The highest BCUT2D eigenvalue weighted by atomic mass is 32.2. The normalized spacial score (nSPS) is 18.5. The third kappa shape index (κ3) is 4.72. The summed E-state index contributed by atoms with van der Waals surface area (Å²) in [5, 5.41) is 7.27. The molecule has 1 saturated carbocycles. The summed E-state index contributed by atoms with van der Waals surface area (Å²) in [7, 11) is -2.62. The molecule has 2 aromatic carbocycles. The zero-order valence-corrected chi connectivity index (χ0v) is 14.9. The lowest BCUT2D eigenvalue weighted by Crippen LogP contribution is -1.85. The number of benzene rings is 2. The zero-order chi connectivity index (χ0) is 17.8. The van der Waals surface area contributed by atoms with Crippen LogP contribution in [0.1, 0.15) is 28.8 Å². The van der Waals surface area contributed by atoms with Crippen LogP contribution in [0.15, 0.2) is 60.0 Å². The summed E-state index contributed by atoms with van der Waals surface area (Å²) in [6, 6.07) is 17.2. The average molecular weight is 376 g/mol. The number of nitrogens with zero attached hydrogens (tertiary/aromatic N) is 1. The zero-order valence-electron chi connectivity index (χ0n) is 13.2. The van der Waals surface area contributed by atoms with E-state index in [-0.39, 0.29) is 5.82 Å². The van der Waals surface area contributed by atoms with Gasteiger partial charge in [0.1, 0.15) is 5.82 Å². The lowest BCUT2D eigenvalue weighted by atomic mass is 10.1. The van der Waals surface area contributed by atoms with Crippen molar-refractivity contribution < 1.29 is 12.8 Å². The third-order valence-corrected chi connectivity index (χ3v) is 4.95. The van der Waals surface area contributed by atoms with Crippen molar-refractivity contribution in [2.45, 2.75) is 18.3 Å². The van der Waals surface area contributed by atoms with Crippen LogP contribution < -0.4 is 5.14 Å². The maximum absolute atomic E-state index is 13.3. The number of aromatic nitrogens is 1. The Morgan fingerprint density at radius 1 is 1.08 bits per heavy atom. The number of thiazole rings is 1. The van der Waals surface area contributed by atoms with E-state index < -0.39 is 10.9 Å². The molecule has 1 aliphatic rings. The predicted octanol–water partition coefficient (Wildman–Crippen LogP) is 3.69. The molecule has 0 spiro atoms. The molecule has 0 aliphatic heterocycles. The summed E-state index contributed by atoms with van der Waals surface area (Å²) in [6.45, 7) is 0. The van der Waals surface area contributed by atoms with Crippen molar-refractivity contribution in [3.05, 3.63) is 76.4 Å². The molecule has 2 N–H and O–H groups in total. The van der Waals surface area contributed by atoms with E-state index in [0.29, 0.717) is 11.8 Å². The van der Waals surface area contributed by atoms with Crippen molar-refractivity contribution in [3.63, 3.8) is 0 Å². The van der Waals surface area contributed by atoms with Gasteiger partial charge >= 0.3 is 0 Å². The van der Waals surface area contributed by atoms with E-state index in [9.17, 15) is 4.39 Å². The van der Waals surface area contributed by atoms with Crippen LogP contribution in [0.4, 0.5) is 4.39 Å². The molecule has 25 heavy (non-hydrogen) atoms. The summed E-state index contributed by atoms with van der Waals surface area (Å²) < 4.78 is 30.9. The molecular weight excluding hydrogens is 359 g/mol. The Bertz CT molecular complexity index is 918. The first-order chi connectivity index (χ1) is 12.0. The van der Waals surface area contributed by atoms with E-state index >= 15 is 0 Å². The minimum absolute atomic E-state index is 0.212. The molecule has 4 rings (SSSR count). The first kappa shape index (κ1) is 17.7. The molecule has 2 atom stereocenters. The van der Waals surface area contributed by atoms with Crippen molar-refractivity contribution in [1.82, 2.24) is 4.98 Å². The van der Waals surface area contributed by atoms with Crippen molar-refractivity contribution >= 4 is 22.2 Å².